The zero-order chi connectivity index (χ0) is 42.8. The highest BCUT2D eigenvalue weighted by molar-refractivity contribution is 7.47. The van der Waals surface area contributed by atoms with Gasteiger partial charge in [-0.15, -0.1) is 0 Å². The van der Waals surface area contributed by atoms with Gasteiger partial charge in [0.25, 0.3) is 0 Å². The standard InChI is InChI=1S/C48H90NO8P/c1-6-8-10-12-14-16-18-20-21-22-23-24-25-26-27-29-30-32-34-36-38-40-47(50)54-44-46(45-56-58(52,53)55-43-42-49(3,4)5)57-48(51)41-39-37-35-33-31-28-19-17-15-13-11-9-7-2/h9,11,15,17,28,31,46H,6-8,10,12-14,16,18-27,29-30,32-45H2,1-5H3/p+1/b11-9-,17-15-,31-28-. The molecule has 0 saturated heterocycles. The molecule has 58 heavy (non-hydrogen) atoms. The smallest absolute Gasteiger partial charge is 0.462 e. The summed E-state index contributed by atoms with van der Waals surface area (Å²) in [5, 5.41) is 0. The molecule has 0 aromatic rings. The number of carbonyl (C=O) groups excluding carboxylic acids is 2. The number of hydrogen-bond acceptors (Lipinski definition) is 7. The molecule has 2 atom stereocenters. The Morgan fingerprint density at radius 1 is 0.552 bits per heavy atom. The van der Waals surface area contributed by atoms with Crippen molar-refractivity contribution in [2.75, 3.05) is 47.5 Å². The topological polar surface area (TPSA) is 108 Å². The van der Waals surface area contributed by atoms with E-state index in [1.165, 1.54) is 116 Å². The third-order valence-corrected chi connectivity index (χ3v) is 11.2. The molecule has 0 aromatic carbocycles. The molecule has 1 N–H and O–H groups in total. The Kier molecular flexibility index (Phi) is 39.4. The van der Waals surface area contributed by atoms with Crippen LogP contribution in [0.3, 0.4) is 0 Å². The molecule has 0 aliphatic heterocycles. The molecule has 0 spiro atoms. The number of phosphoric ester groups is 1. The first-order valence-electron chi connectivity index (χ1n) is 23.7. The summed E-state index contributed by atoms with van der Waals surface area (Å²) in [5.74, 6) is -0.826. The summed E-state index contributed by atoms with van der Waals surface area (Å²) in [4.78, 5) is 35.4. The van der Waals surface area contributed by atoms with Gasteiger partial charge in [-0.05, 0) is 44.9 Å². The fourth-order valence-corrected chi connectivity index (χ4v) is 7.24. The van der Waals surface area contributed by atoms with Crippen molar-refractivity contribution in [1.82, 2.24) is 0 Å². The first kappa shape index (κ1) is 56.2. The van der Waals surface area contributed by atoms with Crippen molar-refractivity contribution in [2.24, 2.45) is 0 Å². The number of carbonyl (C=O) groups is 2. The molecule has 0 bridgehead atoms. The minimum Gasteiger partial charge on any atom is -0.462 e. The number of esters is 2. The van der Waals surface area contributed by atoms with Crippen molar-refractivity contribution >= 4 is 19.8 Å². The lowest BCUT2D eigenvalue weighted by atomic mass is 10.0. The number of nitrogens with zero attached hydrogens (tertiary/aromatic N) is 1. The summed E-state index contributed by atoms with van der Waals surface area (Å²) in [6.45, 7) is 4.29. The first-order valence-corrected chi connectivity index (χ1v) is 25.2. The molecule has 0 heterocycles. The lowest BCUT2D eigenvalue weighted by Crippen LogP contribution is -2.37. The van der Waals surface area contributed by atoms with E-state index >= 15 is 0 Å². The maximum absolute atomic E-state index is 12.7. The van der Waals surface area contributed by atoms with E-state index in [0.717, 1.165) is 57.8 Å². The van der Waals surface area contributed by atoms with Crippen LogP contribution in [0.15, 0.2) is 36.5 Å². The molecule has 10 heteroatoms. The molecule has 0 aliphatic rings. The van der Waals surface area contributed by atoms with Crippen LogP contribution >= 0.6 is 7.82 Å². The number of likely N-dealkylation sites (N-methyl/N-ethyl adjacent to an activating group) is 1. The zero-order valence-corrected chi connectivity index (χ0v) is 39.2. The van der Waals surface area contributed by atoms with Crippen LogP contribution in [0.4, 0.5) is 0 Å². The maximum Gasteiger partial charge on any atom is 0.472 e. The number of unbranched alkanes of at least 4 members (excludes halogenated alkanes) is 23. The zero-order valence-electron chi connectivity index (χ0n) is 38.3. The number of allylic oxidation sites excluding steroid dienone is 6. The molecular weight excluding hydrogens is 750 g/mol. The number of quaternary nitrogens is 1. The largest absolute Gasteiger partial charge is 0.472 e. The molecule has 0 radical (unpaired) electrons. The summed E-state index contributed by atoms with van der Waals surface area (Å²) in [6, 6.07) is 0. The van der Waals surface area contributed by atoms with Gasteiger partial charge in [-0.3, -0.25) is 18.6 Å². The normalized spacial score (nSPS) is 13.8. The summed E-state index contributed by atoms with van der Waals surface area (Å²) in [7, 11) is 1.46. The van der Waals surface area contributed by atoms with Crippen LogP contribution in [0.5, 0.6) is 0 Å². The fourth-order valence-electron chi connectivity index (χ4n) is 6.50. The Labute approximate surface area is 357 Å². The molecule has 9 nitrogen and oxygen atoms in total. The number of hydrogen-bond donors (Lipinski definition) is 1. The van der Waals surface area contributed by atoms with Gasteiger partial charge in [0.1, 0.15) is 19.8 Å². The monoisotopic (exact) mass is 841 g/mol. The van der Waals surface area contributed by atoms with E-state index in [0.29, 0.717) is 17.4 Å². The van der Waals surface area contributed by atoms with Crippen molar-refractivity contribution in [3.63, 3.8) is 0 Å². The minimum absolute atomic E-state index is 0.0265. The van der Waals surface area contributed by atoms with Crippen LogP contribution in [-0.2, 0) is 32.7 Å². The van der Waals surface area contributed by atoms with Crippen molar-refractivity contribution in [3.8, 4) is 0 Å². The van der Waals surface area contributed by atoms with Crippen LogP contribution in [0.25, 0.3) is 0 Å². The van der Waals surface area contributed by atoms with Gasteiger partial charge in [-0.25, -0.2) is 4.57 Å². The second-order valence-electron chi connectivity index (χ2n) is 17.1. The Bertz CT molecular complexity index is 1090. The minimum atomic E-state index is -4.38. The molecule has 0 aliphatic carbocycles. The number of ether oxygens (including phenoxy) is 2. The van der Waals surface area contributed by atoms with E-state index < -0.39 is 26.5 Å². The van der Waals surface area contributed by atoms with Crippen LogP contribution in [-0.4, -0.2) is 74.9 Å². The molecule has 0 aromatic heterocycles. The van der Waals surface area contributed by atoms with Gasteiger partial charge < -0.3 is 18.9 Å². The van der Waals surface area contributed by atoms with E-state index in [2.05, 4.69) is 50.3 Å². The van der Waals surface area contributed by atoms with Crippen LogP contribution in [0.1, 0.15) is 206 Å². The van der Waals surface area contributed by atoms with E-state index in [4.69, 9.17) is 18.5 Å². The maximum atomic E-state index is 12.7. The SMILES string of the molecule is CC/C=C\C/C=C\C/C=C\CCCCCC(=O)OC(COC(=O)CCCCCCCCCCCCCCCCCCCCCCC)COP(=O)(O)OCC[N+](C)(C)C. The molecule has 0 rings (SSSR count). The Hall–Kier alpha value is -1.77. The Morgan fingerprint density at radius 2 is 0.983 bits per heavy atom. The Morgan fingerprint density at radius 3 is 1.47 bits per heavy atom. The van der Waals surface area contributed by atoms with Crippen molar-refractivity contribution in [1.29, 1.82) is 0 Å². The molecular formula is C48H91NO8P+. The summed E-state index contributed by atoms with van der Waals surface area (Å²) < 4.78 is 34.3. The second-order valence-corrected chi connectivity index (χ2v) is 18.6. The third kappa shape index (κ3) is 43.8. The first-order chi connectivity index (χ1) is 28.0. The predicted octanol–water partition coefficient (Wildman–Crippen LogP) is 13.7. The van der Waals surface area contributed by atoms with Crippen molar-refractivity contribution < 1.29 is 42.1 Å². The number of phosphoric acid groups is 1. The predicted molar refractivity (Wildman–Crippen MR) is 243 cm³/mol. The summed E-state index contributed by atoms with van der Waals surface area (Å²) in [6.07, 6.45) is 46.3. The number of rotatable bonds is 43. The summed E-state index contributed by atoms with van der Waals surface area (Å²) in [5.41, 5.74) is 0. The molecule has 0 saturated carbocycles. The fraction of sp³-hybridized carbons (Fsp3) is 0.833. The molecule has 340 valence electrons. The van der Waals surface area contributed by atoms with Gasteiger partial charge in [0.15, 0.2) is 6.10 Å². The van der Waals surface area contributed by atoms with Crippen LogP contribution in [0, 0.1) is 0 Å². The third-order valence-electron chi connectivity index (χ3n) is 10.2. The van der Waals surface area contributed by atoms with Gasteiger partial charge in [0.05, 0.1) is 27.7 Å². The van der Waals surface area contributed by atoms with Crippen LogP contribution in [0.2, 0.25) is 0 Å². The van der Waals surface area contributed by atoms with E-state index in [-0.39, 0.29) is 32.0 Å². The molecule has 0 amide bonds. The van der Waals surface area contributed by atoms with Crippen LogP contribution < -0.4 is 0 Å². The lowest BCUT2D eigenvalue weighted by molar-refractivity contribution is -0.870. The Balaban J connectivity index is 4.24. The van der Waals surface area contributed by atoms with Gasteiger partial charge in [0.2, 0.25) is 0 Å². The summed E-state index contributed by atoms with van der Waals surface area (Å²) >= 11 is 0. The highest BCUT2D eigenvalue weighted by Gasteiger charge is 2.27. The van der Waals surface area contributed by atoms with Gasteiger partial charge in [-0.2, -0.15) is 0 Å². The van der Waals surface area contributed by atoms with Gasteiger partial charge in [0, 0.05) is 12.8 Å². The quantitative estimate of drug-likeness (QED) is 0.0213. The average Bonchev–Trinajstić information content (AvgIpc) is 3.17. The van der Waals surface area contributed by atoms with E-state index in [9.17, 15) is 19.0 Å². The van der Waals surface area contributed by atoms with Gasteiger partial charge in [-0.1, -0.05) is 185 Å². The highest BCUT2D eigenvalue weighted by Crippen LogP contribution is 2.43. The average molecular weight is 841 g/mol. The molecule has 0 fully saturated rings. The van der Waals surface area contributed by atoms with Crippen molar-refractivity contribution in [3.05, 3.63) is 36.5 Å². The highest BCUT2D eigenvalue weighted by atomic mass is 31.2. The van der Waals surface area contributed by atoms with E-state index in [1.807, 2.05) is 21.1 Å². The van der Waals surface area contributed by atoms with Gasteiger partial charge >= 0.3 is 19.8 Å². The molecule has 2 unspecified atom stereocenters. The van der Waals surface area contributed by atoms with E-state index in [1.54, 1.807) is 0 Å². The van der Waals surface area contributed by atoms with Crippen molar-refractivity contribution in [2.45, 2.75) is 213 Å². The lowest BCUT2D eigenvalue weighted by Gasteiger charge is -2.24. The second kappa shape index (κ2) is 40.6.